The van der Waals surface area contributed by atoms with Crippen molar-refractivity contribution in [1.29, 1.82) is 0 Å². The number of hydrogen-bond donors (Lipinski definition) is 2. The molecule has 1 saturated heterocycles. The lowest BCUT2D eigenvalue weighted by atomic mass is 9.64. The van der Waals surface area contributed by atoms with Crippen molar-refractivity contribution in [2.24, 2.45) is 17.6 Å². The summed E-state index contributed by atoms with van der Waals surface area (Å²) in [6, 6.07) is 7.33. The molecule has 4 rings (SSSR count). The molecule has 0 radical (unpaired) electrons. The molecule has 2 unspecified atom stereocenters. The Labute approximate surface area is 155 Å². The summed E-state index contributed by atoms with van der Waals surface area (Å²) in [5.41, 5.74) is 7.38. The van der Waals surface area contributed by atoms with Crippen LogP contribution in [0.5, 0.6) is 0 Å². The van der Waals surface area contributed by atoms with Gasteiger partial charge in [0.1, 0.15) is 11.6 Å². The molecule has 0 amide bonds. The second-order valence-corrected chi connectivity index (χ2v) is 7.91. The second-order valence-electron chi connectivity index (χ2n) is 7.91. The normalized spacial score (nSPS) is 26.7. The van der Waals surface area contributed by atoms with E-state index in [1.54, 1.807) is 6.07 Å². The molecule has 140 valence electrons. The molecule has 2 fully saturated rings. The van der Waals surface area contributed by atoms with Gasteiger partial charge in [0.05, 0.1) is 5.54 Å². The molecule has 2 aliphatic rings. The molecule has 0 spiro atoms. The summed E-state index contributed by atoms with van der Waals surface area (Å²) in [7, 11) is 0. The van der Waals surface area contributed by atoms with Crippen molar-refractivity contribution >= 4 is 0 Å². The number of nitrogens with zero attached hydrogens (tertiary/aromatic N) is 2. The Bertz CT molecular complexity index is 752. The minimum absolute atomic E-state index is 0.134. The topological polar surface area (TPSA) is 55.9 Å². The molecule has 1 aliphatic carbocycles. The van der Waals surface area contributed by atoms with Crippen LogP contribution < -0.4 is 11.1 Å². The summed E-state index contributed by atoms with van der Waals surface area (Å²) < 4.78 is 16.6. The maximum atomic E-state index is 14.3. The van der Waals surface area contributed by atoms with Crippen LogP contribution in [0.4, 0.5) is 4.39 Å². The van der Waals surface area contributed by atoms with Crippen molar-refractivity contribution in [2.75, 3.05) is 13.1 Å². The zero-order valence-corrected chi connectivity index (χ0v) is 15.5. The summed E-state index contributed by atoms with van der Waals surface area (Å²) in [6.07, 6.45) is 9.34. The van der Waals surface area contributed by atoms with Crippen molar-refractivity contribution in [3.8, 4) is 0 Å². The Hall–Kier alpha value is -1.72. The van der Waals surface area contributed by atoms with Crippen molar-refractivity contribution < 1.29 is 4.39 Å². The summed E-state index contributed by atoms with van der Waals surface area (Å²) >= 11 is 0. The van der Waals surface area contributed by atoms with E-state index >= 15 is 0 Å². The van der Waals surface area contributed by atoms with Crippen LogP contribution in [0.15, 0.2) is 36.7 Å². The van der Waals surface area contributed by atoms with E-state index < -0.39 is 0 Å². The lowest BCUT2D eigenvalue weighted by Crippen LogP contribution is -2.55. The monoisotopic (exact) mass is 356 g/mol. The van der Waals surface area contributed by atoms with Gasteiger partial charge in [0.15, 0.2) is 0 Å². The lowest BCUT2D eigenvalue weighted by molar-refractivity contribution is 0.0907. The van der Waals surface area contributed by atoms with Crippen LogP contribution in [0.3, 0.4) is 0 Å². The maximum absolute atomic E-state index is 14.3. The Balaban J connectivity index is 1.97. The van der Waals surface area contributed by atoms with Crippen molar-refractivity contribution in [3.05, 3.63) is 53.9 Å². The highest BCUT2D eigenvalue weighted by molar-refractivity contribution is 5.32. The molecule has 2 aromatic rings. The molecule has 4 nitrogen and oxygen atoms in total. The fraction of sp³-hybridized carbons (Fsp3) is 0.571. The Morgan fingerprint density at radius 2 is 2.04 bits per heavy atom. The standard InChI is InChI=1S/C21H29FN4/c1-15-25-12-13-26(15)21(16-8-10-24-11-9-16,19-6-3-7-20(19)23)17-4-2-5-18(22)14-17/h2,4-5,12-14,16,19-20,24H,3,6-11,23H2,1H3/t19?,20-,21?/m0/s1. The number of piperidine rings is 1. The average molecular weight is 356 g/mol. The van der Waals surface area contributed by atoms with E-state index in [1.165, 1.54) is 6.07 Å². The third kappa shape index (κ3) is 2.78. The molecule has 1 aliphatic heterocycles. The number of imidazole rings is 1. The average Bonchev–Trinajstić information content (AvgIpc) is 3.27. The highest BCUT2D eigenvalue weighted by Crippen LogP contribution is 2.50. The number of rotatable bonds is 4. The van der Waals surface area contributed by atoms with E-state index in [-0.39, 0.29) is 17.4 Å². The molecule has 3 N–H and O–H groups in total. The van der Waals surface area contributed by atoms with Crippen LogP contribution in [0, 0.1) is 24.6 Å². The number of halogens is 1. The molecule has 1 saturated carbocycles. The minimum atomic E-state index is -0.333. The van der Waals surface area contributed by atoms with E-state index in [0.29, 0.717) is 11.8 Å². The predicted molar refractivity (Wildman–Crippen MR) is 101 cm³/mol. The van der Waals surface area contributed by atoms with E-state index in [2.05, 4.69) is 34.1 Å². The van der Waals surface area contributed by atoms with Crippen LogP contribution in [0.25, 0.3) is 0 Å². The van der Waals surface area contributed by atoms with Gasteiger partial charge in [-0.25, -0.2) is 9.37 Å². The van der Waals surface area contributed by atoms with Crippen molar-refractivity contribution in [1.82, 2.24) is 14.9 Å². The fourth-order valence-electron chi connectivity index (χ4n) is 5.57. The zero-order chi connectivity index (χ0) is 18.1. The Kier molecular flexibility index (Phi) is 4.84. The van der Waals surface area contributed by atoms with Gasteiger partial charge >= 0.3 is 0 Å². The highest BCUT2D eigenvalue weighted by atomic mass is 19.1. The van der Waals surface area contributed by atoms with Crippen molar-refractivity contribution in [2.45, 2.75) is 50.6 Å². The van der Waals surface area contributed by atoms with Crippen LogP contribution in [0.1, 0.15) is 43.5 Å². The van der Waals surface area contributed by atoms with Crippen LogP contribution >= 0.6 is 0 Å². The van der Waals surface area contributed by atoms with Crippen LogP contribution in [-0.4, -0.2) is 28.7 Å². The summed E-state index contributed by atoms with van der Waals surface area (Å²) in [5, 5.41) is 3.48. The number of nitrogens with two attached hydrogens (primary N) is 1. The van der Waals surface area contributed by atoms with Gasteiger partial charge < -0.3 is 15.6 Å². The largest absolute Gasteiger partial charge is 0.327 e. The molecule has 26 heavy (non-hydrogen) atoms. The summed E-state index contributed by atoms with van der Waals surface area (Å²) in [5.74, 6) is 1.50. The molecule has 1 aromatic carbocycles. The molecule has 1 aromatic heterocycles. The van der Waals surface area contributed by atoms with E-state index in [9.17, 15) is 4.39 Å². The highest BCUT2D eigenvalue weighted by Gasteiger charge is 2.52. The summed E-state index contributed by atoms with van der Waals surface area (Å²) in [6.45, 7) is 4.05. The molecule has 2 heterocycles. The first-order chi connectivity index (χ1) is 12.6. The van der Waals surface area contributed by atoms with E-state index in [4.69, 9.17) is 5.73 Å². The lowest BCUT2D eigenvalue weighted by Gasteiger charge is -2.50. The first-order valence-corrected chi connectivity index (χ1v) is 9.87. The van der Waals surface area contributed by atoms with Gasteiger partial charge in [-0.1, -0.05) is 18.6 Å². The molecular weight excluding hydrogens is 327 g/mol. The SMILES string of the molecule is Cc1nccn1C(c1cccc(F)c1)(C1CCNCC1)C1CCC[C@@H]1N. The van der Waals surface area contributed by atoms with Gasteiger partial charge in [-0.15, -0.1) is 0 Å². The van der Waals surface area contributed by atoms with E-state index in [1.807, 2.05) is 12.3 Å². The second kappa shape index (κ2) is 7.12. The predicted octanol–water partition coefficient (Wildman–Crippen LogP) is 3.20. The third-order valence-corrected chi connectivity index (χ3v) is 6.61. The third-order valence-electron chi connectivity index (χ3n) is 6.61. The summed E-state index contributed by atoms with van der Waals surface area (Å²) in [4.78, 5) is 4.53. The fourth-order valence-corrected chi connectivity index (χ4v) is 5.57. The number of benzene rings is 1. The molecule has 0 bridgehead atoms. The smallest absolute Gasteiger partial charge is 0.123 e. The number of aryl methyl sites for hydroxylation is 1. The number of nitrogens with one attached hydrogen (secondary N) is 1. The first kappa shape index (κ1) is 17.7. The van der Waals surface area contributed by atoms with Gasteiger partial charge in [-0.3, -0.25) is 0 Å². The van der Waals surface area contributed by atoms with Gasteiger partial charge in [0.25, 0.3) is 0 Å². The Morgan fingerprint density at radius 3 is 2.65 bits per heavy atom. The van der Waals surface area contributed by atoms with Gasteiger partial charge in [-0.2, -0.15) is 0 Å². The molecule has 3 atom stereocenters. The Morgan fingerprint density at radius 1 is 1.23 bits per heavy atom. The zero-order valence-electron chi connectivity index (χ0n) is 15.5. The maximum Gasteiger partial charge on any atom is 0.123 e. The van der Waals surface area contributed by atoms with Gasteiger partial charge in [0, 0.05) is 24.4 Å². The van der Waals surface area contributed by atoms with E-state index in [0.717, 1.165) is 56.6 Å². The van der Waals surface area contributed by atoms with Gasteiger partial charge in [0.2, 0.25) is 0 Å². The first-order valence-electron chi connectivity index (χ1n) is 9.87. The van der Waals surface area contributed by atoms with Crippen molar-refractivity contribution in [3.63, 3.8) is 0 Å². The van der Waals surface area contributed by atoms with Crippen LogP contribution in [0.2, 0.25) is 0 Å². The minimum Gasteiger partial charge on any atom is -0.327 e. The van der Waals surface area contributed by atoms with Crippen LogP contribution in [-0.2, 0) is 5.54 Å². The number of aromatic nitrogens is 2. The molecular formula is C21H29FN4. The molecule has 5 heteroatoms. The quantitative estimate of drug-likeness (QED) is 0.884. The number of hydrogen-bond acceptors (Lipinski definition) is 3. The van der Waals surface area contributed by atoms with Gasteiger partial charge in [-0.05, 0) is 69.3 Å².